The minimum Gasteiger partial charge on any atom is -0.338 e. The molecule has 25 heavy (non-hydrogen) atoms. The number of carbonyl (C=O) groups excluding carboxylic acids is 2. The third-order valence-electron chi connectivity index (χ3n) is 4.17. The van der Waals surface area contributed by atoms with Crippen LogP contribution in [0.15, 0.2) is 48.5 Å². The normalized spacial score (nSPS) is 16.8. The van der Waals surface area contributed by atoms with Crippen LogP contribution >= 0.6 is 11.6 Å². The summed E-state index contributed by atoms with van der Waals surface area (Å²) in [5.41, 5.74) is 2.67. The van der Waals surface area contributed by atoms with Gasteiger partial charge in [-0.05, 0) is 48.9 Å². The highest BCUT2D eigenvalue weighted by molar-refractivity contribution is 6.30. The highest BCUT2D eigenvalue weighted by Crippen LogP contribution is 2.26. The Hall–Kier alpha value is -2.53. The second kappa shape index (κ2) is 7.57. The van der Waals surface area contributed by atoms with Crippen LogP contribution in [0.5, 0.6) is 0 Å². The van der Waals surface area contributed by atoms with Crippen LogP contribution in [-0.2, 0) is 4.79 Å². The SMILES string of the molecule is Cc1cccc(NC(=O)NCC2CC(=O)N(c3ccc(Cl)cc3)C2)c1. The predicted octanol–water partition coefficient (Wildman–Crippen LogP) is 3.82. The summed E-state index contributed by atoms with van der Waals surface area (Å²) in [6.45, 7) is 3.01. The topological polar surface area (TPSA) is 61.4 Å². The molecule has 0 aromatic heterocycles. The van der Waals surface area contributed by atoms with Crippen LogP contribution in [0.1, 0.15) is 12.0 Å². The summed E-state index contributed by atoms with van der Waals surface area (Å²) in [6, 6.07) is 14.6. The van der Waals surface area contributed by atoms with Crippen LogP contribution in [0.3, 0.4) is 0 Å². The zero-order chi connectivity index (χ0) is 17.8. The van der Waals surface area contributed by atoms with Gasteiger partial charge >= 0.3 is 6.03 Å². The second-order valence-electron chi connectivity index (χ2n) is 6.26. The number of rotatable bonds is 4. The lowest BCUT2D eigenvalue weighted by atomic mass is 10.1. The largest absolute Gasteiger partial charge is 0.338 e. The molecule has 0 radical (unpaired) electrons. The van der Waals surface area contributed by atoms with Gasteiger partial charge in [-0.15, -0.1) is 0 Å². The van der Waals surface area contributed by atoms with Crippen molar-refractivity contribution < 1.29 is 9.59 Å². The molecule has 1 aliphatic rings. The van der Waals surface area contributed by atoms with E-state index >= 15 is 0 Å². The molecule has 1 saturated heterocycles. The van der Waals surface area contributed by atoms with Gasteiger partial charge in [0.15, 0.2) is 0 Å². The number of nitrogens with zero attached hydrogens (tertiary/aromatic N) is 1. The van der Waals surface area contributed by atoms with Gasteiger partial charge in [0, 0.05) is 41.8 Å². The summed E-state index contributed by atoms with van der Waals surface area (Å²) in [4.78, 5) is 26.0. The number of amides is 3. The first-order valence-electron chi connectivity index (χ1n) is 8.19. The molecule has 3 rings (SSSR count). The fourth-order valence-corrected chi connectivity index (χ4v) is 3.05. The third-order valence-corrected chi connectivity index (χ3v) is 4.42. The van der Waals surface area contributed by atoms with E-state index in [1.54, 1.807) is 17.0 Å². The van der Waals surface area contributed by atoms with Gasteiger partial charge in [0.05, 0.1) is 0 Å². The van der Waals surface area contributed by atoms with Gasteiger partial charge in [-0.2, -0.15) is 0 Å². The molecular formula is C19H20ClN3O2. The minimum atomic E-state index is -0.261. The zero-order valence-electron chi connectivity index (χ0n) is 14.0. The van der Waals surface area contributed by atoms with E-state index in [1.165, 1.54) is 0 Å². The molecule has 1 aliphatic heterocycles. The molecule has 2 N–H and O–H groups in total. The Bertz CT molecular complexity index is 776. The number of nitrogens with one attached hydrogen (secondary N) is 2. The van der Waals surface area contributed by atoms with Crippen LogP contribution in [-0.4, -0.2) is 25.0 Å². The van der Waals surface area contributed by atoms with Crippen LogP contribution in [0, 0.1) is 12.8 Å². The highest BCUT2D eigenvalue weighted by Gasteiger charge is 2.30. The van der Waals surface area contributed by atoms with E-state index < -0.39 is 0 Å². The summed E-state index contributed by atoms with van der Waals surface area (Å²) >= 11 is 5.89. The number of anilines is 2. The van der Waals surface area contributed by atoms with E-state index in [0.29, 0.717) is 24.5 Å². The van der Waals surface area contributed by atoms with Gasteiger partial charge in [-0.25, -0.2) is 4.79 Å². The molecule has 0 aliphatic carbocycles. The molecule has 0 saturated carbocycles. The van der Waals surface area contributed by atoms with Crippen molar-refractivity contribution in [3.05, 3.63) is 59.1 Å². The molecule has 1 atom stereocenters. The Morgan fingerprint density at radius 1 is 1.24 bits per heavy atom. The summed E-state index contributed by atoms with van der Waals surface area (Å²) in [7, 11) is 0. The van der Waals surface area contributed by atoms with Crippen molar-refractivity contribution in [3.8, 4) is 0 Å². The van der Waals surface area contributed by atoms with E-state index in [-0.39, 0.29) is 17.9 Å². The predicted molar refractivity (Wildman–Crippen MR) is 100 cm³/mol. The van der Waals surface area contributed by atoms with E-state index in [4.69, 9.17) is 11.6 Å². The van der Waals surface area contributed by atoms with Crippen molar-refractivity contribution in [2.75, 3.05) is 23.3 Å². The number of urea groups is 1. The Labute approximate surface area is 152 Å². The zero-order valence-corrected chi connectivity index (χ0v) is 14.7. The lowest BCUT2D eigenvalue weighted by Crippen LogP contribution is -2.34. The van der Waals surface area contributed by atoms with Crippen molar-refractivity contribution in [2.45, 2.75) is 13.3 Å². The lowest BCUT2D eigenvalue weighted by Gasteiger charge is -2.17. The maximum Gasteiger partial charge on any atom is 0.319 e. The summed E-state index contributed by atoms with van der Waals surface area (Å²) in [5.74, 6) is 0.152. The Morgan fingerprint density at radius 3 is 2.72 bits per heavy atom. The maximum absolute atomic E-state index is 12.2. The molecule has 1 unspecified atom stereocenters. The molecule has 1 heterocycles. The van der Waals surface area contributed by atoms with Crippen molar-refractivity contribution in [1.29, 1.82) is 0 Å². The van der Waals surface area contributed by atoms with Gasteiger partial charge in [-0.1, -0.05) is 23.7 Å². The monoisotopic (exact) mass is 357 g/mol. The molecule has 1 fully saturated rings. The molecular weight excluding hydrogens is 338 g/mol. The van der Waals surface area contributed by atoms with Gasteiger partial charge in [0.1, 0.15) is 0 Å². The van der Waals surface area contributed by atoms with Gasteiger partial charge in [0.25, 0.3) is 0 Å². The second-order valence-corrected chi connectivity index (χ2v) is 6.69. The number of aryl methyl sites for hydroxylation is 1. The molecule has 0 spiro atoms. The van der Waals surface area contributed by atoms with Crippen molar-refractivity contribution >= 4 is 34.9 Å². The first kappa shape index (κ1) is 17.3. The first-order valence-corrected chi connectivity index (χ1v) is 8.56. The van der Waals surface area contributed by atoms with Crippen molar-refractivity contribution in [3.63, 3.8) is 0 Å². The van der Waals surface area contributed by atoms with E-state index in [2.05, 4.69) is 10.6 Å². The maximum atomic E-state index is 12.2. The molecule has 0 bridgehead atoms. The van der Waals surface area contributed by atoms with E-state index in [1.807, 2.05) is 43.3 Å². The van der Waals surface area contributed by atoms with Gasteiger partial charge in [0.2, 0.25) is 5.91 Å². The number of halogens is 1. The fourth-order valence-electron chi connectivity index (χ4n) is 2.92. The molecule has 130 valence electrons. The number of benzene rings is 2. The quantitative estimate of drug-likeness (QED) is 0.873. The first-order chi connectivity index (χ1) is 12.0. The summed E-state index contributed by atoms with van der Waals surface area (Å²) in [5, 5.41) is 6.29. The lowest BCUT2D eigenvalue weighted by molar-refractivity contribution is -0.117. The average molecular weight is 358 g/mol. The van der Waals surface area contributed by atoms with E-state index in [0.717, 1.165) is 16.9 Å². The van der Waals surface area contributed by atoms with Crippen LogP contribution in [0.4, 0.5) is 16.2 Å². The number of carbonyl (C=O) groups is 2. The van der Waals surface area contributed by atoms with Crippen molar-refractivity contribution in [1.82, 2.24) is 5.32 Å². The Balaban J connectivity index is 1.51. The van der Waals surface area contributed by atoms with Crippen LogP contribution < -0.4 is 15.5 Å². The highest BCUT2D eigenvalue weighted by atomic mass is 35.5. The van der Waals surface area contributed by atoms with Crippen LogP contribution in [0.25, 0.3) is 0 Å². The smallest absolute Gasteiger partial charge is 0.319 e. The third kappa shape index (κ3) is 4.51. The van der Waals surface area contributed by atoms with Gasteiger partial charge in [-0.3, -0.25) is 4.79 Å². The van der Waals surface area contributed by atoms with Crippen molar-refractivity contribution in [2.24, 2.45) is 5.92 Å². The number of hydrogen-bond acceptors (Lipinski definition) is 2. The van der Waals surface area contributed by atoms with Crippen LogP contribution in [0.2, 0.25) is 5.02 Å². The summed E-state index contributed by atoms with van der Waals surface area (Å²) < 4.78 is 0. The number of hydrogen-bond donors (Lipinski definition) is 2. The van der Waals surface area contributed by atoms with Gasteiger partial charge < -0.3 is 15.5 Å². The molecule has 3 amide bonds. The molecule has 6 heteroatoms. The average Bonchev–Trinajstić information content (AvgIpc) is 2.95. The minimum absolute atomic E-state index is 0.0632. The summed E-state index contributed by atoms with van der Waals surface area (Å²) in [6.07, 6.45) is 0.424. The Morgan fingerprint density at radius 2 is 2.00 bits per heavy atom. The standard InChI is InChI=1S/C19H20ClN3O2/c1-13-3-2-4-16(9-13)22-19(25)21-11-14-10-18(24)23(12-14)17-7-5-15(20)6-8-17/h2-9,14H,10-12H2,1H3,(H2,21,22,25). The molecule has 5 nitrogen and oxygen atoms in total. The molecule has 2 aromatic carbocycles. The van der Waals surface area contributed by atoms with E-state index in [9.17, 15) is 9.59 Å². The fraction of sp³-hybridized carbons (Fsp3) is 0.263. The molecule has 2 aromatic rings. The Kier molecular flexibility index (Phi) is 5.24.